The van der Waals surface area contributed by atoms with Gasteiger partial charge in [0.2, 0.25) is 11.8 Å². The number of hydrogen-bond donors (Lipinski definition) is 1. The van der Waals surface area contributed by atoms with Crippen LogP contribution >= 0.6 is 23.1 Å². The molecule has 0 aliphatic carbocycles. The first-order chi connectivity index (χ1) is 12.2. The SMILES string of the molecule is O=C(CCN1C(=O)CSc2ccccc21)Nc1nc2ccccc2s1. The van der Waals surface area contributed by atoms with Crippen LogP contribution in [0.25, 0.3) is 10.2 Å². The smallest absolute Gasteiger partial charge is 0.237 e. The molecular weight excluding hydrogens is 354 g/mol. The van der Waals surface area contributed by atoms with Crippen molar-refractivity contribution in [3.05, 3.63) is 48.5 Å². The van der Waals surface area contributed by atoms with E-state index in [-0.39, 0.29) is 18.2 Å². The number of thiazole rings is 1. The molecule has 0 saturated carbocycles. The number of fused-ring (bicyclic) bond motifs is 2. The van der Waals surface area contributed by atoms with Gasteiger partial charge in [-0.1, -0.05) is 35.6 Å². The van der Waals surface area contributed by atoms with Crippen LogP contribution in [-0.2, 0) is 9.59 Å². The number of amides is 2. The maximum atomic E-state index is 12.3. The number of anilines is 2. The van der Waals surface area contributed by atoms with E-state index in [4.69, 9.17) is 0 Å². The second-order valence-electron chi connectivity index (χ2n) is 5.59. The Hall–Kier alpha value is -2.38. The van der Waals surface area contributed by atoms with Crippen molar-refractivity contribution in [2.24, 2.45) is 0 Å². The Bertz CT molecular complexity index is 921. The van der Waals surface area contributed by atoms with Gasteiger partial charge in [0.25, 0.3) is 0 Å². The fourth-order valence-electron chi connectivity index (χ4n) is 2.72. The van der Waals surface area contributed by atoms with Crippen LogP contribution in [0.4, 0.5) is 10.8 Å². The molecule has 0 unspecified atom stereocenters. The molecule has 0 saturated heterocycles. The molecule has 0 spiro atoms. The van der Waals surface area contributed by atoms with E-state index >= 15 is 0 Å². The van der Waals surface area contributed by atoms with E-state index in [1.807, 2.05) is 48.5 Å². The first-order valence-corrected chi connectivity index (χ1v) is 9.68. The third-order valence-electron chi connectivity index (χ3n) is 3.91. The van der Waals surface area contributed by atoms with Crippen molar-refractivity contribution in [1.82, 2.24) is 4.98 Å². The summed E-state index contributed by atoms with van der Waals surface area (Å²) in [7, 11) is 0. The summed E-state index contributed by atoms with van der Waals surface area (Å²) in [6.45, 7) is 0.368. The summed E-state index contributed by atoms with van der Waals surface area (Å²) < 4.78 is 1.04. The molecule has 0 atom stereocenters. The number of carbonyl (C=O) groups is 2. The number of nitrogens with one attached hydrogen (secondary N) is 1. The quantitative estimate of drug-likeness (QED) is 0.760. The minimum absolute atomic E-state index is 0.0384. The Morgan fingerprint density at radius 2 is 1.96 bits per heavy atom. The molecule has 0 fully saturated rings. The third kappa shape index (κ3) is 3.38. The van der Waals surface area contributed by atoms with Gasteiger partial charge < -0.3 is 10.2 Å². The monoisotopic (exact) mass is 369 g/mol. The van der Waals surface area contributed by atoms with Gasteiger partial charge in [-0.05, 0) is 24.3 Å². The number of nitrogens with zero attached hydrogens (tertiary/aromatic N) is 2. The summed E-state index contributed by atoms with van der Waals surface area (Å²) in [5.41, 5.74) is 1.76. The van der Waals surface area contributed by atoms with E-state index in [2.05, 4.69) is 10.3 Å². The number of para-hydroxylation sites is 2. The zero-order chi connectivity index (χ0) is 17.2. The highest BCUT2D eigenvalue weighted by molar-refractivity contribution is 8.00. The second kappa shape index (κ2) is 6.85. The van der Waals surface area contributed by atoms with Crippen LogP contribution in [0.3, 0.4) is 0 Å². The maximum absolute atomic E-state index is 12.3. The number of hydrogen-bond acceptors (Lipinski definition) is 5. The van der Waals surface area contributed by atoms with E-state index in [0.717, 1.165) is 20.8 Å². The van der Waals surface area contributed by atoms with E-state index < -0.39 is 0 Å². The predicted molar refractivity (Wildman–Crippen MR) is 102 cm³/mol. The fourth-order valence-corrected chi connectivity index (χ4v) is 4.54. The van der Waals surface area contributed by atoms with E-state index in [1.165, 1.54) is 23.1 Å². The van der Waals surface area contributed by atoms with Crippen molar-refractivity contribution in [2.75, 3.05) is 22.5 Å². The van der Waals surface area contributed by atoms with Gasteiger partial charge in [-0.3, -0.25) is 9.59 Å². The molecular formula is C18H15N3O2S2. The van der Waals surface area contributed by atoms with Gasteiger partial charge in [-0.2, -0.15) is 0 Å². The van der Waals surface area contributed by atoms with Gasteiger partial charge in [0.15, 0.2) is 5.13 Å². The molecule has 1 N–H and O–H groups in total. The first kappa shape index (κ1) is 16.1. The molecule has 1 aliphatic heterocycles. The zero-order valence-electron chi connectivity index (χ0n) is 13.3. The Kier molecular flexibility index (Phi) is 4.42. The van der Waals surface area contributed by atoms with Gasteiger partial charge >= 0.3 is 0 Å². The molecule has 2 aromatic carbocycles. The maximum Gasteiger partial charge on any atom is 0.237 e. The van der Waals surface area contributed by atoms with Crippen LogP contribution in [0.5, 0.6) is 0 Å². The molecule has 3 aromatic rings. The number of benzene rings is 2. The Labute approximate surface area is 153 Å². The van der Waals surface area contributed by atoms with Crippen molar-refractivity contribution >= 4 is 55.9 Å². The van der Waals surface area contributed by atoms with Crippen molar-refractivity contribution in [1.29, 1.82) is 0 Å². The molecule has 4 rings (SSSR count). The zero-order valence-corrected chi connectivity index (χ0v) is 14.9. The highest BCUT2D eigenvalue weighted by Crippen LogP contribution is 2.35. The van der Waals surface area contributed by atoms with Gasteiger partial charge in [-0.25, -0.2) is 4.98 Å². The second-order valence-corrected chi connectivity index (χ2v) is 7.63. The van der Waals surface area contributed by atoms with Crippen molar-refractivity contribution in [3.63, 3.8) is 0 Å². The third-order valence-corrected chi connectivity index (χ3v) is 5.91. The number of rotatable bonds is 4. The van der Waals surface area contributed by atoms with Gasteiger partial charge in [0, 0.05) is 17.9 Å². The van der Waals surface area contributed by atoms with Crippen LogP contribution in [0.15, 0.2) is 53.4 Å². The molecule has 1 aromatic heterocycles. The molecule has 0 radical (unpaired) electrons. The average molecular weight is 369 g/mol. The highest BCUT2D eigenvalue weighted by atomic mass is 32.2. The van der Waals surface area contributed by atoms with Crippen LogP contribution in [-0.4, -0.2) is 29.1 Å². The Morgan fingerprint density at radius 1 is 1.16 bits per heavy atom. The number of aromatic nitrogens is 1. The van der Waals surface area contributed by atoms with Crippen molar-refractivity contribution in [3.8, 4) is 0 Å². The lowest BCUT2D eigenvalue weighted by Gasteiger charge is -2.28. The normalized spacial score (nSPS) is 13.8. The lowest BCUT2D eigenvalue weighted by Crippen LogP contribution is -2.37. The van der Waals surface area contributed by atoms with Crippen LogP contribution < -0.4 is 10.2 Å². The molecule has 7 heteroatoms. The van der Waals surface area contributed by atoms with Crippen molar-refractivity contribution in [2.45, 2.75) is 11.3 Å². The van der Waals surface area contributed by atoms with E-state index in [0.29, 0.717) is 17.4 Å². The molecule has 1 aliphatic rings. The topological polar surface area (TPSA) is 62.3 Å². The highest BCUT2D eigenvalue weighted by Gasteiger charge is 2.24. The van der Waals surface area contributed by atoms with Gasteiger partial charge in [0.1, 0.15) is 0 Å². The van der Waals surface area contributed by atoms with Crippen LogP contribution in [0, 0.1) is 0 Å². The summed E-state index contributed by atoms with van der Waals surface area (Å²) in [6.07, 6.45) is 0.237. The number of thioether (sulfide) groups is 1. The first-order valence-electron chi connectivity index (χ1n) is 7.88. The van der Waals surface area contributed by atoms with Crippen LogP contribution in [0.2, 0.25) is 0 Å². The molecule has 2 heterocycles. The summed E-state index contributed by atoms with van der Waals surface area (Å²) in [4.78, 5) is 31.6. The Balaban J connectivity index is 1.42. The largest absolute Gasteiger partial charge is 0.310 e. The van der Waals surface area contributed by atoms with Gasteiger partial charge in [0.05, 0.1) is 21.7 Å². The summed E-state index contributed by atoms with van der Waals surface area (Å²) in [5.74, 6) is 0.315. The van der Waals surface area contributed by atoms with Gasteiger partial charge in [-0.15, -0.1) is 11.8 Å². The molecule has 2 amide bonds. The minimum Gasteiger partial charge on any atom is -0.310 e. The summed E-state index contributed by atoms with van der Waals surface area (Å²) in [5, 5.41) is 3.42. The standard InChI is InChI=1S/C18H15N3O2S2/c22-16(20-18-19-12-5-1-3-7-14(12)25-18)9-10-21-13-6-2-4-8-15(13)24-11-17(21)23/h1-8H,9-11H2,(H,19,20,22). The predicted octanol–water partition coefficient (Wildman–Crippen LogP) is 3.76. The van der Waals surface area contributed by atoms with E-state index in [1.54, 1.807) is 4.90 Å². The molecule has 5 nitrogen and oxygen atoms in total. The molecule has 126 valence electrons. The summed E-state index contributed by atoms with van der Waals surface area (Å²) in [6, 6.07) is 15.6. The lowest BCUT2D eigenvalue weighted by atomic mass is 10.2. The molecule has 0 bridgehead atoms. The number of carbonyl (C=O) groups excluding carboxylic acids is 2. The van der Waals surface area contributed by atoms with Crippen molar-refractivity contribution < 1.29 is 9.59 Å². The summed E-state index contributed by atoms with van der Waals surface area (Å²) >= 11 is 2.99. The fraction of sp³-hybridized carbons (Fsp3) is 0.167. The van der Waals surface area contributed by atoms with Crippen LogP contribution in [0.1, 0.15) is 6.42 Å². The average Bonchev–Trinajstić information content (AvgIpc) is 3.03. The Morgan fingerprint density at radius 3 is 2.84 bits per heavy atom. The van der Waals surface area contributed by atoms with E-state index in [9.17, 15) is 9.59 Å². The minimum atomic E-state index is -0.137. The lowest BCUT2D eigenvalue weighted by molar-refractivity contribution is -0.117. The molecule has 25 heavy (non-hydrogen) atoms.